The van der Waals surface area contributed by atoms with Gasteiger partial charge in [0, 0.05) is 5.38 Å². The van der Waals surface area contributed by atoms with E-state index in [1.165, 1.54) is 16.3 Å². The molecule has 49 heavy (non-hydrogen) atoms. The molecular formula is C22H28N8Na2O14P2S. The van der Waals surface area contributed by atoms with Crippen LogP contribution in [0.5, 0.6) is 0 Å². The Balaban J connectivity index is 0.00000270. The van der Waals surface area contributed by atoms with Crippen LogP contribution < -0.4 is 86.1 Å². The smallest absolute Gasteiger partial charge is 0.756 e. The maximum atomic E-state index is 12.5. The summed E-state index contributed by atoms with van der Waals surface area (Å²) in [6.07, 6.45) is -8.68. The molecule has 3 aliphatic rings. The molecule has 2 unspecified atom stereocenters. The fraction of sp³-hybridized carbons (Fsp3) is 0.591. The van der Waals surface area contributed by atoms with Crippen LogP contribution in [0.1, 0.15) is 41.7 Å². The van der Waals surface area contributed by atoms with Crippen LogP contribution in [0.4, 0.5) is 11.8 Å². The number of thiazole rings is 1. The molecule has 0 spiro atoms. The molecule has 1 amide bonds. The topological polar surface area (TPSA) is 337 Å². The summed E-state index contributed by atoms with van der Waals surface area (Å²) in [5.74, 6) is -2.13. The van der Waals surface area contributed by atoms with Crippen LogP contribution >= 0.6 is 27.0 Å². The van der Waals surface area contributed by atoms with Gasteiger partial charge in [-0.15, -0.1) is 11.3 Å². The van der Waals surface area contributed by atoms with Crippen molar-refractivity contribution < 1.29 is 125 Å². The number of imidazole rings is 1. The molecule has 0 bridgehead atoms. The number of primary amides is 1. The molecule has 0 saturated carbocycles. The summed E-state index contributed by atoms with van der Waals surface area (Å²) in [7, 11) is -11.3. The van der Waals surface area contributed by atoms with Gasteiger partial charge in [0.05, 0.1) is 19.5 Å². The number of phosphoric ester groups is 2. The summed E-state index contributed by atoms with van der Waals surface area (Å²) in [6, 6.07) is 0. The molecule has 3 aliphatic heterocycles. The fourth-order valence-electron chi connectivity index (χ4n) is 5.28. The summed E-state index contributed by atoms with van der Waals surface area (Å²) >= 11 is 1.06. The molecule has 3 aromatic rings. The molecule has 0 radical (unpaired) electrons. The van der Waals surface area contributed by atoms with Crippen LogP contribution in [0.2, 0.25) is 0 Å². The van der Waals surface area contributed by atoms with E-state index in [1.807, 2.05) is 0 Å². The molecule has 3 aromatic heterocycles. The zero-order chi connectivity index (χ0) is 34.1. The first-order valence-corrected chi connectivity index (χ1v) is 17.4. The van der Waals surface area contributed by atoms with Crippen molar-refractivity contribution in [3.05, 3.63) is 22.4 Å². The van der Waals surface area contributed by atoms with E-state index < -0.39 is 89.5 Å². The SMILES string of the molecule is CC1(C)O[C@@H]2[C@H](O1)[C@@H](COP(=O)([O-])OP(=O)([O-])OC[C@H]1O[C@@H](n3cnc4c(N)nc(N)nc43)[C@H](O)[C@@H]1O)O[C@H]2c1nc(C(N)=O)cs1.[Na+].[Na+]. The van der Waals surface area contributed by atoms with Gasteiger partial charge in [0.2, 0.25) is 5.95 Å². The molecule has 6 heterocycles. The Labute approximate surface area is 324 Å². The van der Waals surface area contributed by atoms with Gasteiger partial charge < -0.3 is 65.2 Å². The largest absolute Gasteiger partial charge is 1.00 e. The van der Waals surface area contributed by atoms with Crippen molar-refractivity contribution in [2.75, 3.05) is 24.7 Å². The van der Waals surface area contributed by atoms with Gasteiger partial charge >= 0.3 is 59.1 Å². The maximum absolute atomic E-state index is 12.5. The van der Waals surface area contributed by atoms with Crippen molar-refractivity contribution in [3.8, 4) is 0 Å². The summed E-state index contributed by atoms with van der Waals surface area (Å²) in [5, 5.41) is 22.8. The van der Waals surface area contributed by atoms with Crippen molar-refractivity contribution in [2.45, 2.75) is 68.6 Å². The van der Waals surface area contributed by atoms with Gasteiger partial charge in [0.25, 0.3) is 21.6 Å². The minimum absolute atomic E-state index is 0. The minimum atomic E-state index is -5.66. The second kappa shape index (κ2) is 15.3. The van der Waals surface area contributed by atoms with Crippen molar-refractivity contribution in [3.63, 3.8) is 0 Å². The zero-order valence-corrected chi connectivity index (χ0v) is 32.9. The number of hydrogen-bond acceptors (Lipinski definition) is 21. The van der Waals surface area contributed by atoms with Crippen LogP contribution in [-0.2, 0) is 41.4 Å². The number of nitrogen functional groups attached to an aromatic ring is 2. The fourth-order valence-corrected chi connectivity index (χ4v) is 8.18. The number of nitrogens with zero attached hydrogens (tertiary/aromatic N) is 5. The number of amides is 1. The zero-order valence-electron chi connectivity index (χ0n) is 26.3. The number of phosphoric acid groups is 2. The Morgan fingerprint density at radius 1 is 1.02 bits per heavy atom. The first-order valence-electron chi connectivity index (χ1n) is 13.6. The van der Waals surface area contributed by atoms with E-state index in [9.17, 15) is 33.9 Å². The monoisotopic (exact) mass is 768 g/mol. The molecule has 0 aliphatic carbocycles. The average molecular weight is 769 g/mol. The van der Waals surface area contributed by atoms with E-state index in [1.54, 1.807) is 13.8 Å². The number of aromatic nitrogens is 5. The minimum Gasteiger partial charge on any atom is -0.756 e. The maximum Gasteiger partial charge on any atom is 1.00 e. The molecule has 258 valence electrons. The number of carbonyl (C=O) groups excluding carboxylic acids is 1. The summed E-state index contributed by atoms with van der Waals surface area (Å²) < 4.78 is 63.0. The number of carbonyl (C=O) groups is 1. The third-order valence-electron chi connectivity index (χ3n) is 7.24. The molecule has 22 nitrogen and oxygen atoms in total. The Kier molecular flexibility index (Phi) is 12.8. The number of aliphatic hydroxyl groups excluding tert-OH is 2. The molecule has 3 fully saturated rings. The van der Waals surface area contributed by atoms with Crippen LogP contribution in [0, 0.1) is 0 Å². The second-order valence-corrected chi connectivity index (χ2v) is 14.8. The van der Waals surface area contributed by atoms with Gasteiger partial charge in [-0.1, -0.05) is 0 Å². The molecule has 8 N–H and O–H groups in total. The van der Waals surface area contributed by atoms with E-state index in [4.69, 9.17) is 40.7 Å². The average Bonchev–Trinajstić information content (AvgIpc) is 3.77. The number of rotatable bonds is 11. The van der Waals surface area contributed by atoms with E-state index in [0.717, 1.165) is 11.3 Å². The number of aliphatic hydroxyl groups is 2. The van der Waals surface area contributed by atoms with E-state index in [0.29, 0.717) is 5.01 Å². The molecule has 6 rings (SSSR count). The molecule has 27 heteroatoms. The van der Waals surface area contributed by atoms with Gasteiger partial charge in [-0.3, -0.25) is 18.5 Å². The molecule has 0 aromatic carbocycles. The summed E-state index contributed by atoms with van der Waals surface area (Å²) in [4.78, 5) is 52.4. The second-order valence-electron chi connectivity index (χ2n) is 11.0. The third-order valence-corrected chi connectivity index (χ3v) is 10.7. The molecular weight excluding hydrogens is 740 g/mol. The van der Waals surface area contributed by atoms with Crippen molar-refractivity contribution in [1.29, 1.82) is 0 Å². The molecule has 10 atom stereocenters. The predicted octanol–water partition coefficient (Wildman–Crippen LogP) is -8.18. The van der Waals surface area contributed by atoms with Gasteiger partial charge in [-0.2, -0.15) is 9.97 Å². The van der Waals surface area contributed by atoms with Gasteiger partial charge in [-0.25, -0.2) is 14.3 Å². The Hall–Kier alpha value is -0.730. The number of hydrogen-bond donors (Lipinski definition) is 5. The van der Waals surface area contributed by atoms with Crippen LogP contribution in [0.3, 0.4) is 0 Å². The van der Waals surface area contributed by atoms with E-state index in [2.05, 4.69) is 28.8 Å². The quantitative estimate of drug-likeness (QED) is 0.0893. The van der Waals surface area contributed by atoms with Gasteiger partial charge in [0.15, 0.2) is 23.5 Å². The van der Waals surface area contributed by atoms with Crippen molar-refractivity contribution in [1.82, 2.24) is 24.5 Å². The van der Waals surface area contributed by atoms with E-state index in [-0.39, 0.29) is 87.7 Å². The van der Waals surface area contributed by atoms with Crippen molar-refractivity contribution >= 4 is 55.8 Å². The Bertz CT molecular complexity index is 1790. The Morgan fingerprint density at radius 3 is 2.29 bits per heavy atom. The summed E-state index contributed by atoms with van der Waals surface area (Å²) in [5.41, 5.74) is 16.9. The van der Waals surface area contributed by atoms with E-state index >= 15 is 0 Å². The first kappa shape index (κ1) is 41.0. The van der Waals surface area contributed by atoms with Gasteiger partial charge in [0.1, 0.15) is 58.9 Å². The Morgan fingerprint density at radius 2 is 1.65 bits per heavy atom. The van der Waals surface area contributed by atoms with Crippen molar-refractivity contribution in [2.24, 2.45) is 5.73 Å². The number of fused-ring (bicyclic) bond motifs is 2. The van der Waals surface area contributed by atoms with Gasteiger partial charge in [-0.05, 0) is 13.8 Å². The number of anilines is 2. The number of ether oxygens (including phenoxy) is 4. The normalized spacial score (nSPS) is 31.4. The summed E-state index contributed by atoms with van der Waals surface area (Å²) in [6.45, 7) is 1.50. The predicted molar refractivity (Wildman–Crippen MR) is 150 cm³/mol. The van der Waals surface area contributed by atoms with Crippen LogP contribution in [0.15, 0.2) is 11.7 Å². The van der Waals surface area contributed by atoms with Crippen LogP contribution in [0.25, 0.3) is 11.2 Å². The first-order chi connectivity index (χ1) is 21.9. The standard InChI is InChI=1S/C22H30N8O14P2S.2Na/c1-22(2)42-13-9(40-15(14(13)43-22)19-27-7(5-47-19)17(24)33)4-39-46(36,37)44-45(34,35)38-3-8-11(31)12(32)20(41-8)30-6-26-10-16(23)28-21(25)29-18(10)30;;/h5-6,8-9,11-15,20,31-32H,3-4H2,1-2H3,(H2,24,33)(H,34,35)(H,36,37)(H4,23,25,28,29);;/q;2*+1/p-2/t8-,9-,11-,12-,13-,14-,15-,20-;;/m1../s1. The molecule has 3 saturated heterocycles. The third kappa shape index (κ3) is 8.74. The number of nitrogens with two attached hydrogens (primary N) is 3. The van der Waals surface area contributed by atoms with Crippen LogP contribution in [-0.4, -0.2) is 96.2 Å².